The second kappa shape index (κ2) is 10.5. The maximum Gasteiger partial charge on any atom is 0.417 e. The summed E-state index contributed by atoms with van der Waals surface area (Å²) in [5.41, 5.74) is 0.588. The highest BCUT2D eigenvalue weighted by atomic mass is 32.2. The molecule has 0 bridgehead atoms. The lowest BCUT2D eigenvalue weighted by Gasteiger charge is -2.23. The van der Waals surface area contributed by atoms with Crippen LogP contribution in [0.2, 0.25) is 0 Å². The van der Waals surface area contributed by atoms with E-state index < -0.39 is 38.6 Å². The lowest BCUT2D eigenvalue weighted by Crippen LogP contribution is -2.44. The van der Waals surface area contributed by atoms with E-state index in [2.05, 4.69) is 24.1 Å². The van der Waals surface area contributed by atoms with Crippen LogP contribution >= 0.6 is 0 Å². The minimum absolute atomic E-state index is 0.159. The standard InChI is InChI=1S/C22H28F3N3O3S/c1-15(2)28(4)14-18-10-6-5-9-17(18)13-26-21(29)16(3)27-32(30,31)20-12-8-7-11-19(20)22(23,24)25/h5-12,15-16,27H,13-14H2,1-4H3,(H,26,29). The lowest BCUT2D eigenvalue weighted by atomic mass is 10.1. The Morgan fingerprint density at radius 2 is 1.56 bits per heavy atom. The van der Waals surface area contributed by atoms with Gasteiger partial charge < -0.3 is 5.32 Å². The molecule has 0 fully saturated rings. The van der Waals surface area contributed by atoms with Gasteiger partial charge in [0.15, 0.2) is 0 Å². The fraction of sp³-hybridized carbons (Fsp3) is 0.409. The number of carbonyl (C=O) groups excluding carboxylic acids is 1. The zero-order chi connectivity index (χ0) is 24.1. The van der Waals surface area contributed by atoms with Crippen LogP contribution < -0.4 is 10.0 Å². The van der Waals surface area contributed by atoms with E-state index in [0.29, 0.717) is 18.7 Å². The van der Waals surface area contributed by atoms with Crippen LogP contribution in [0.1, 0.15) is 37.5 Å². The predicted molar refractivity (Wildman–Crippen MR) is 116 cm³/mol. The number of carbonyl (C=O) groups is 1. The second-order valence-electron chi connectivity index (χ2n) is 7.83. The third-order valence-electron chi connectivity index (χ3n) is 5.08. The van der Waals surface area contributed by atoms with Crippen molar-refractivity contribution in [3.05, 3.63) is 65.2 Å². The Morgan fingerprint density at radius 3 is 2.16 bits per heavy atom. The molecule has 176 valence electrons. The molecule has 6 nitrogen and oxygen atoms in total. The van der Waals surface area contributed by atoms with Crippen molar-refractivity contribution in [2.45, 2.75) is 57.0 Å². The quantitative estimate of drug-likeness (QED) is 0.587. The number of halogens is 3. The van der Waals surface area contributed by atoms with E-state index in [4.69, 9.17) is 0 Å². The summed E-state index contributed by atoms with van der Waals surface area (Å²) in [4.78, 5) is 13.7. The van der Waals surface area contributed by atoms with E-state index >= 15 is 0 Å². The first-order valence-corrected chi connectivity index (χ1v) is 11.5. The fourth-order valence-electron chi connectivity index (χ4n) is 2.96. The van der Waals surface area contributed by atoms with Gasteiger partial charge in [0.25, 0.3) is 0 Å². The van der Waals surface area contributed by atoms with E-state index in [1.54, 1.807) is 0 Å². The topological polar surface area (TPSA) is 78.5 Å². The molecule has 2 aromatic carbocycles. The van der Waals surface area contributed by atoms with E-state index in [0.717, 1.165) is 23.3 Å². The van der Waals surface area contributed by atoms with Gasteiger partial charge in [-0.25, -0.2) is 8.42 Å². The molecule has 32 heavy (non-hydrogen) atoms. The number of hydrogen-bond acceptors (Lipinski definition) is 4. The van der Waals surface area contributed by atoms with Crippen molar-refractivity contribution in [2.75, 3.05) is 7.05 Å². The summed E-state index contributed by atoms with van der Waals surface area (Å²) in [6.07, 6.45) is -4.84. The molecule has 2 rings (SSSR count). The van der Waals surface area contributed by atoms with Crippen molar-refractivity contribution in [1.29, 1.82) is 0 Å². The molecule has 0 aliphatic carbocycles. The molecule has 10 heteroatoms. The van der Waals surface area contributed by atoms with E-state index in [1.165, 1.54) is 13.0 Å². The Morgan fingerprint density at radius 1 is 1.00 bits per heavy atom. The lowest BCUT2D eigenvalue weighted by molar-refractivity contribution is -0.139. The SMILES string of the molecule is CC(NS(=O)(=O)c1ccccc1C(F)(F)F)C(=O)NCc1ccccc1CN(C)C(C)C. The van der Waals surface area contributed by atoms with Crippen LogP contribution in [0.4, 0.5) is 13.2 Å². The molecule has 0 aromatic heterocycles. The van der Waals surface area contributed by atoms with Crippen LogP contribution in [0, 0.1) is 0 Å². The van der Waals surface area contributed by atoms with Gasteiger partial charge in [0.05, 0.1) is 16.5 Å². The van der Waals surface area contributed by atoms with E-state index in [9.17, 15) is 26.4 Å². The molecule has 0 spiro atoms. The summed E-state index contributed by atoms with van der Waals surface area (Å²) in [5, 5.41) is 2.65. The molecule has 1 unspecified atom stereocenters. The molecule has 0 saturated heterocycles. The van der Waals surface area contributed by atoms with Crippen molar-refractivity contribution in [1.82, 2.24) is 14.9 Å². The summed E-state index contributed by atoms with van der Waals surface area (Å²) in [7, 11) is -2.59. The van der Waals surface area contributed by atoms with Crippen LogP contribution in [-0.2, 0) is 34.1 Å². The normalized spacial score (nSPS) is 13.4. The van der Waals surface area contributed by atoms with Gasteiger partial charge in [0, 0.05) is 19.1 Å². The minimum Gasteiger partial charge on any atom is -0.351 e. The molecular weight excluding hydrogens is 443 g/mol. The van der Waals surface area contributed by atoms with Gasteiger partial charge in [-0.3, -0.25) is 9.69 Å². The van der Waals surface area contributed by atoms with Crippen LogP contribution in [-0.4, -0.2) is 38.4 Å². The first kappa shape index (κ1) is 25.8. The molecule has 0 radical (unpaired) electrons. The van der Waals surface area contributed by atoms with Crippen LogP contribution in [0.15, 0.2) is 53.4 Å². The maximum absolute atomic E-state index is 13.2. The number of amides is 1. The van der Waals surface area contributed by atoms with Crippen molar-refractivity contribution >= 4 is 15.9 Å². The van der Waals surface area contributed by atoms with E-state index in [-0.39, 0.29) is 6.54 Å². The molecule has 0 aliphatic heterocycles. The third-order valence-corrected chi connectivity index (χ3v) is 6.68. The van der Waals surface area contributed by atoms with Gasteiger partial charge in [-0.1, -0.05) is 36.4 Å². The highest BCUT2D eigenvalue weighted by molar-refractivity contribution is 7.89. The first-order valence-electron chi connectivity index (χ1n) is 10.1. The zero-order valence-corrected chi connectivity index (χ0v) is 19.2. The molecule has 2 N–H and O–H groups in total. The van der Waals surface area contributed by atoms with E-state index in [1.807, 2.05) is 36.0 Å². The largest absolute Gasteiger partial charge is 0.417 e. The number of sulfonamides is 1. The molecule has 1 atom stereocenters. The number of nitrogens with zero attached hydrogens (tertiary/aromatic N) is 1. The van der Waals surface area contributed by atoms with Gasteiger partial charge in [-0.05, 0) is 51.1 Å². The molecular formula is C22H28F3N3O3S. The Labute approximate surface area is 186 Å². The zero-order valence-electron chi connectivity index (χ0n) is 18.4. The van der Waals surface area contributed by atoms with Gasteiger partial charge in [-0.15, -0.1) is 0 Å². The first-order chi connectivity index (χ1) is 14.8. The minimum atomic E-state index is -4.84. The summed E-state index contributed by atoms with van der Waals surface area (Å²) >= 11 is 0. The van der Waals surface area contributed by atoms with Gasteiger partial charge in [-0.2, -0.15) is 17.9 Å². The van der Waals surface area contributed by atoms with Crippen LogP contribution in [0.25, 0.3) is 0 Å². The number of rotatable bonds is 9. The Kier molecular flexibility index (Phi) is 8.44. The number of nitrogens with one attached hydrogen (secondary N) is 2. The van der Waals surface area contributed by atoms with Gasteiger partial charge >= 0.3 is 6.18 Å². The Bertz CT molecular complexity index is 1040. The summed E-state index contributed by atoms with van der Waals surface area (Å²) in [6, 6.07) is 10.4. The second-order valence-corrected chi connectivity index (χ2v) is 9.51. The van der Waals surface area contributed by atoms with Crippen LogP contribution in [0.3, 0.4) is 0 Å². The summed E-state index contributed by atoms with van der Waals surface area (Å²) < 4.78 is 66.7. The van der Waals surface area contributed by atoms with Gasteiger partial charge in [0.2, 0.25) is 15.9 Å². The average molecular weight is 472 g/mol. The van der Waals surface area contributed by atoms with Crippen molar-refractivity contribution < 1.29 is 26.4 Å². The van der Waals surface area contributed by atoms with Crippen molar-refractivity contribution in [3.63, 3.8) is 0 Å². The smallest absolute Gasteiger partial charge is 0.351 e. The van der Waals surface area contributed by atoms with Gasteiger partial charge in [0.1, 0.15) is 0 Å². The molecule has 1 amide bonds. The Balaban J connectivity index is 2.09. The molecule has 0 saturated carbocycles. The number of benzene rings is 2. The molecule has 0 heterocycles. The van der Waals surface area contributed by atoms with Crippen molar-refractivity contribution in [3.8, 4) is 0 Å². The summed E-state index contributed by atoms with van der Waals surface area (Å²) in [6.45, 7) is 6.23. The highest BCUT2D eigenvalue weighted by Crippen LogP contribution is 2.33. The monoisotopic (exact) mass is 471 g/mol. The molecule has 0 aliphatic rings. The Hall–Kier alpha value is -2.43. The highest BCUT2D eigenvalue weighted by Gasteiger charge is 2.37. The van der Waals surface area contributed by atoms with Crippen molar-refractivity contribution in [2.24, 2.45) is 0 Å². The predicted octanol–water partition coefficient (Wildman–Crippen LogP) is 3.53. The van der Waals surface area contributed by atoms with Crippen LogP contribution in [0.5, 0.6) is 0 Å². The number of alkyl halides is 3. The summed E-state index contributed by atoms with van der Waals surface area (Å²) in [5.74, 6) is -0.648. The average Bonchev–Trinajstić information content (AvgIpc) is 2.71. The molecule has 2 aromatic rings. The number of hydrogen-bond donors (Lipinski definition) is 2. The fourth-order valence-corrected chi connectivity index (χ4v) is 4.39. The third kappa shape index (κ3) is 6.78. The maximum atomic E-state index is 13.2.